The smallest absolute Gasteiger partial charge is 0.386 e. The van der Waals surface area contributed by atoms with E-state index in [2.05, 4.69) is 13.1 Å². The number of rotatable bonds is 8. The number of aliphatic hydroxyl groups is 1. The molecule has 6 N–H and O–H groups in total. The van der Waals surface area contributed by atoms with E-state index in [4.69, 9.17) is 26.1 Å². The van der Waals surface area contributed by atoms with Crippen molar-refractivity contribution in [1.29, 1.82) is 0 Å². The van der Waals surface area contributed by atoms with E-state index in [-0.39, 0.29) is 0 Å². The molecule has 1 aromatic rings. The first-order chi connectivity index (χ1) is 14.9. The zero-order valence-corrected chi connectivity index (χ0v) is 19.4. The van der Waals surface area contributed by atoms with Crippen LogP contribution in [-0.2, 0) is 31.6 Å². The van der Waals surface area contributed by atoms with Crippen molar-refractivity contribution in [1.82, 2.24) is 9.55 Å². The van der Waals surface area contributed by atoms with Crippen molar-refractivity contribution in [3.8, 4) is 11.3 Å². The molecular formula is C12H15ClFN2O14P3. The third-order valence-corrected chi connectivity index (χ3v) is 7.93. The van der Waals surface area contributed by atoms with Crippen LogP contribution in [0.3, 0.4) is 0 Å². The summed E-state index contributed by atoms with van der Waals surface area (Å²) in [6.07, 6.45) is -7.37. The maximum atomic E-state index is 15.5. The minimum atomic E-state index is -5.84. The van der Waals surface area contributed by atoms with Crippen molar-refractivity contribution in [2.45, 2.75) is 37.1 Å². The topological polar surface area (TPSA) is 244 Å². The van der Waals surface area contributed by atoms with Crippen molar-refractivity contribution in [2.75, 3.05) is 0 Å². The average Bonchev–Trinajstić information content (AvgIpc) is 2.83. The van der Waals surface area contributed by atoms with Gasteiger partial charge in [0.05, 0.1) is 6.10 Å². The zero-order chi connectivity index (χ0) is 25.4. The Morgan fingerprint density at radius 1 is 1.24 bits per heavy atom. The number of hydrogen-bond donors (Lipinski definition) is 6. The monoisotopic (exact) mass is 558 g/mol. The number of ether oxygens (including phenoxy) is 1. The van der Waals surface area contributed by atoms with E-state index >= 15 is 4.39 Å². The standard InChI is InChI=1S/C12H15ClFN2O14P3/c1-6(28-32(23,24)30-33(25,26)29-31(20,21)22)8-9(18)12(14,3-4-13)10(27-8)16-5-2-7(17)15-11(16)19/h2,5-6,8-10,18H,1H3,(H,23,24)(H,25,26)(H,15,17,19)(H2,20,21,22)/t6-,8+,9-,10+,12?/m0/s1. The van der Waals surface area contributed by atoms with Gasteiger partial charge < -0.3 is 29.4 Å². The normalized spacial score (nSPS) is 30.0. The lowest BCUT2D eigenvalue weighted by molar-refractivity contribution is -0.0781. The first kappa shape index (κ1) is 28.0. The van der Waals surface area contributed by atoms with Crippen LogP contribution >= 0.6 is 35.1 Å². The molecule has 2 rings (SSSR count). The Hall–Kier alpha value is -1.21. The fourth-order valence-electron chi connectivity index (χ4n) is 2.73. The van der Waals surface area contributed by atoms with Gasteiger partial charge in [0.15, 0.2) is 6.23 Å². The van der Waals surface area contributed by atoms with Gasteiger partial charge in [0.2, 0.25) is 5.67 Å². The van der Waals surface area contributed by atoms with Crippen LogP contribution in [0.5, 0.6) is 0 Å². The molecule has 1 aliphatic heterocycles. The molecule has 0 aromatic carbocycles. The fourth-order valence-corrected chi connectivity index (χ4v) is 6.08. The second-order valence-corrected chi connectivity index (χ2v) is 10.9. The number of phosphoric acid groups is 3. The van der Waals surface area contributed by atoms with Crippen LogP contribution in [-0.4, -0.2) is 58.2 Å². The van der Waals surface area contributed by atoms with E-state index in [1.807, 2.05) is 4.98 Å². The Labute approximate surface area is 187 Å². The van der Waals surface area contributed by atoms with Gasteiger partial charge in [0, 0.05) is 17.6 Å². The lowest BCUT2D eigenvalue weighted by atomic mass is 9.95. The minimum absolute atomic E-state index is 0.489. The minimum Gasteiger partial charge on any atom is -0.386 e. The van der Waals surface area contributed by atoms with Crippen molar-refractivity contribution < 1.29 is 60.6 Å². The summed E-state index contributed by atoms with van der Waals surface area (Å²) < 4.78 is 66.9. The van der Waals surface area contributed by atoms with Crippen LogP contribution in [0.15, 0.2) is 21.9 Å². The van der Waals surface area contributed by atoms with Gasteiger partial charge in [-0.05, 0) is 24.4 Å². The lowest BCUT2D eigenvalue weighted by Crippen LogP contribution is -2.46. The number of aromatic amines is 1. The summed E-state index contributed by atoms with van der Waals surface area (Å²) in [6, 6.07) is 0.814. The van der Waals surface area contributed by atoms with Crippen molar-refractivity contribution in [3.63, 3.8) is 0 Å². The van der Waals surface area contributed by atoms with Gasteiger partial charge in [-0.25, -0.2) is 22.9 Å². The van der Waals surface area contributed by atoms with Crippen LogP contribution in [0.1, 0.15) is 13.2 Å². The molecular weight excluding hydrogens is 544 g/mol. The van der Waals surface area contributed by atoms with Crippen LogP contribution in [0.25, 0.3) is 0 Å². The van der Waals surface area contributed by atoms with E-state index in [0.29, 0.717) is 4.57 Å². The van der Waals surface area contributed by atoms with Crippen molar-refractivity contribution in [3.05, 3.63) is 33.1 Å². The molecule has 0 bridgehead atoms. The van der Waals surface area contributed by atoms with Crippen LogP contribution in [0.4, 0.5) is 4.39 Å². The summed E-state index contributed by atoms with van der Waals surface area (Å²) in [4.78, 5) is 60.9. The summed E-state index contributed by atoms with van der Waals surface area (Å²) in [7, 11) is -17.2. The molecule has 16 nitrogen and oxygen atoms in total. The molecule has 3 unspecified atom stereocenters. The lowest BCUT2D eigenvalue weighted by Gasteiger charge is -2.25. The number of alkyl halides is 1. The molecule has 21 heteroatoms. The molecule has 1 aromatic heterocycles. The Morgan fingerprint density at radius 2 is 1.85 bits per heavy atom. The molecule has 0 aliphatic carbocycles. The molecule has 7 atom stereocenters. The fraction of sp³-hybridized carbons (Fsp3) is 0.500. The number of hydrogen-bond acceptors (Lipinski definition) is 10. The molecule has 0 spiro atoms. The molecule has 1 fully saturated rings. The van der Waals surface area contributed by atoms with E-state index in [9.17, 15) is 38.2 Å². The predicted molar refractivity (Wildman–Crippen MR) is 103 cm³/mol. The maximum absolute atomic E-state index is 15.5. The molecule has 186 valence electrons. The van der Waals surface area contributed by atoms with Gasteiger partial charge in [-0.3, -0.25) is 18.9 Å². The Kier molecular flexibility index (Phi) is 8.33. The highest BCUT2D eigenvalue weighted by molar-refractivity contribution is 7.66. The molecule has 33 heavy (non-hydrogen) atoms. The van der Waals surface area contributed by atoms with Crippen LogP contribution < -0.4 is 11.2 Å². The molecule has 2 heterocycles. The Balaban J connectivity index is 2.32. The van der Waals surface area contributed by atoms with Crippen LogP contribution in [0.2, 0.25) is 0 Å². The number of phosphoric ester groups is 1. The highest BCUT2D eigenvalue weighted by Crippen LogP contribution is 2.66. The first-order valence-electron chi connectivity index (χ1n) is 8.20. The van der Waals surface area contributed by atoms with Gasteiger partial charge in [0.25, 0.3) is 5.56 Å². The third-order valence-electron chi connectivity index (χ3n) is 3.91. The summed E-state index contributed by atoms with van der Waals surface area (Å²) >= 11 is 5.23. The van der Waals surface area contributed by atoms with E-state index in [1.165, 1.54) is 0 Å². The first-order valence-corrected chi connectivity index (χ1v) is 13.1. The van der Waals surface area contributed by atoms with E-state index in [1.54, 1.807) is 11.3 Å². The highest BCUT2D eigenvalue weighted by atomic mass is 35.5. The molecule has 0 amide bonds. The van der Waals surface area contributed by atoms with Crippen molar-refractivity contribution >= 4 is 35.1 Å². The Morgan fingerprint density at radius 3 is 2.36 bits per heavy atom. The summed E-state index contributed by atoms with van der Waals surface area (Å²) in [5, 5.41) is 12.1. The number of aliphatic hydroxyl groups excluding tert-OH is 1. The second-order valence-electron chi connectivity index (χ2n) is 6.30. The predicted octanol–water partition coefficient (Wildman–Crippen LogP) is -0.565. The second kappa shape index (κ2) is 9.80. The number of aromatic nitrogens is 2. The molecule has 1 saturated heterocycles. The van der Waals surface area contributed by atoms with Gasteiger partial charge in [0.1, 0.15) is 12.2 Å². The van der Waals surface area contributed by atoms with Gasteiger partial charge in [-0.2, -0.15) is 8.62 Å². The van der Waals surface area contributed by atoms with Gasteiger partial charge in [-0.1, -0.05) is 0 Å². The van der Waals surface area contributed by atoms with Crippen molar-refractivity contribution in [2.24, 2.45) is 0 Å². The number of nitrogens with zero attached hydrogens (tertiary/aromatic N) is 1. The highest BCUT2D eigenvalue weighted by Gasteiger charge is 2.60. The molecule has 1 aliphatic rings. The zero-order valence-electron chi connectivity index (χ0n) is 15.9. The van der Waals surface area contributed by atoms with Gasteiger partial charge in [-0.15, -0.1) is 0 Å². The maximum Gasteiger partial charge on any atom is 0.490 e. The van der Waals surface area contributed by atoms with Crippen LogP contribution in [0, 0.1) is 11.3 Å². The summed E-state index contributed by atoms with van der Waals surface area (Å²) in [5.74, 6) is 1.79. The largest absolute Gasteiger partial charge is 0.490 e. The number of nitrogens with one attached hydrogen (secondary N) is 1. The quantitative estimate of drug-likeness (QED) is 0.173. The summed E-state index contributed by atoms with van der Waals surface area (Å²) in [6.45, 7) is 0.902. The number of H-pyrrole nitrogens is 1. The average molecular weight is 559 g/mol. The van der Waals surface area contributed by atoms with E-state index in [0.717, 1.165) is 19.2 Å². The summed E-state index contributed by atoms with van der Waals surface area (Å²) in [5.41, 5.74) is -5.16. The number of halogens is 2. The third kappa shape index (κ3) is 6.91. The molecule has 0 saturated carbocycles. The molecule has 0 radical (unpaired) electrons. The van der Waals surface area contributed by atoms with E-state index < -0.39 is 64.9 Å². The van der Waals surface area contributed by atoms with Gasteiger partial charge >= 0.3 is 29.2 Å². The SMILES string of the molecule is C[C@H](OP(=O)(O)OP(=O)(O)OP(=O)(O)O)[C@H]1O[C@@H](n2ccc(=O)[nH]c2=O)C(F)(C#CCl)[C@H]1O. The Bertz CT molecular complexity index is 1220.